The minimum Gasteiger partial charge on any atom is -0.462 e. The quantitative estimate of drug-likeness (QED) is 0.651. The van der Waals surface area contributed by atoms with Gasteiger partial charge in [0.15, 0.2) is 11.9 Å². The number of carbonyl (C=O) groups excluding carboxylic acids is 1. The van der Waals surface area contributed by atoms with E-state index in [4.69, 9.17) is 10.5 Å². The molecule has 0 bridgehead atoms. The number of anilines is 1. The van der Waals surface area contributed by atoms with E-state index in [0.717, 1.165) is 18.5 Å². The van der Waals surface area contributed by atoms with Crippen LogP contribution < -0.4 is 15.4 Å². The zero-order valence-electron chi connectivity index (χ0n) is 17.2. The molecule has 31 heavy (non-hydrogen) atoms. The van der Waals surface area contributed by atoms with E-state index in [9.17, 15) is 18.0 Å². The van der Waals surface area contributed by atoms with Crippen LogP contribution in [0.25, 0.3) is 0 Å². The monoisotopic (exact) mass is 440 g/mol. The standard InChI is InChI=1S/C21H24F4N4O2/c1-12(2)10-16(18(26)30)31-20-17(22)19(27-11-28-20)29-9-3-4-15(29)13-5-7-14(8-6-13)21(23,24)25/h5-8,11-12,15-16H,3-4,9-10H2,1-2H3,(H2,26,30)/t15-,16+/m0/s1. The van der Waals surface area contributed by atoms with Crippen LogP contribution in [0, 0.1) is 11.7 Å². The van der Waals surface area contributed by atoms with E-state index in [2.05, 4.69) is 9.97 Å². The number of halogens is 4. The molecule has 3 rings (SSSR count). The first-order chi connectivity index (χ1) is 14.6. The van der Waals surface area contributed by atoms with Crippen LogP contribution in [0.15, 0.2) is 30.6 Å². The van der Waals surface area contributed by atoms with E-state index in [1.165, 1.54) is 12.1 Å². The van der Waals surface area contributed by atoms with Crippen molar-refractivity contribution >= 4 is 11.7 Å². The molecule has 1 fully saturated rings. The molecule has 0 spiro atoms. The van der Waals surface area contributed by atoms with E-state index in [1.54, 1.807) is 4.90 Å². The number of rotatable bonds is 7. The molecule has 6 nitrogen and oxygen atoms in total. The number of carbonyl (C=O) groups is 1. The maximum atomic E-state index is 15.2. The lowest BCUT2D eigenvalue weighted by Gasteiger charge is -2.27. The SMILES string of the molecule is CC(C)C[C@@H](Oc1ncnc(N2CCC[C@H]2c2ccc(C(F)(F)F)cc2)c1F)C(N)=O. The molecule has 1 saturated heterocycles. The summed E-state index contributed by atoms with van der Waals surface area (Å²) in [6.07, 6.45) is -2.70. The fraction of sp³-hybridized carbons (Fsp3) is 0.476. The molecule has 1 aliphatic heterocycles. The maximum absolute atomic E-state index is 15.2. The summed E-state index contributed by atoms with van der Waals surface area (Å²) in [5, 5.41) is 0. The fourth-order valence-electron chi connectivity index (χ4n) is 3.67. The number of nitrogens with zero attached hydrogens (tertiary/aromatic N) is 3. The molecule has 0 unspecified atom stereocenters. The Bertz CT molecular complexity index is 919. The van der Waals surface area contributed by atoms with E-state index in [0.29, 0.717) is 31.4 Å². The molecule has 0 radical (unpaired) electrons. The summed E-state index contributed by atoms with van der Waals surface area (Å²) in [7, 11) is 0. The van der Waals surface area contributed by atoms with Crippen molar-refractivity contribution in [2.24, 2.45) is 11.7 Å². The van der Waals surface area contributed by atoms with Gasteiger partial charge in [0, 0.05) is 6.54 Å². The second kappa shape index (κ2) is 9.07. The van der Waals surface area contributed by atoms with Gasteiger partial charge < -0.3 is 15.4 Å². The lowest BCUT2D eigenvalue weighted by atomic mass is 10.0. The van der Waals surface area contributed by atoms with Crippen molar-refractivity contribution in [3.05, 3.63) is 47.5 Å². The van der Waals surface area contributed by atoms with Crippen molar-refractivity contribution in [1.29, 1.82) is 0 Å². The highest BCUT2D eigenvalue weighted by molar-refractivity contribution is 5.79. The molecule has 2 heterocycles. The Labute approximate surface area is 177 Å². The van der Waals surface area contributed by atoms with E-state index in [1.807, 2.05) is 13.8 Å². The first-order valence-electron chi connectivity index (χ1n) is 9.98. The summed E-state index contributed by atoms with van der Waals surface area (Å²) in [6.45, 7) is 4.21. The molecule has 2 atom stereocenters. The van der Waals surface area contributed by atoms with Crippen LogP contribution in [-0.2, 0) is 11.0 Å². The third kappa shape index (κ3) is 5.23. The largest absolute Gasteiger partial charge is 0.462 e. The second-order valence-electron chi connectivity index (χ2n) is 7.93. The predicted octanol–water partition coefficient (Wildman–Crippen LogP) is 4.25. The molecule has 1 aliphatic rings. The number of amides is 1. The molecular weight excluding hydrogens is 416 g/mol. The van der Waals surface area contributed by atoms with Crippen LogP contribution in [0.2, 0.25) is 0 Å². The van der Waals surface area contributed by atoms with Gasteiger partial charge in [-0.3, -0.25) is 4.79 Å². The van der Waals surface area contributed by atoms with Crippen LogP contribution in [0.4, 0.5) is 23.4 Å². The van der Waals surface area contributed by atoms with E-state index >= 15 is 4.39 Å². The number of primary amides is 1. The van der Waals surface area contributed by atoms with Gasteiger partial charge in [0.2, 0.25) is 5.82 Å². The van der Waals surface area contributed by atoms with Crippen LogP contribution >= 0.6 is 0 Å². The van der Waals surface area contributed by atoms with Crippen molar-refractivity contribution in [2.75, 3.05) is 11.4 Å². The average molecular weight is 440 g/mol. The topological polar surface area (TPSA) is 81.3 Å². The van der Waals surface area contributed by atoms with Gasteiger partial charge in [-0.2, -0.15) is 22.5 Å². The first-order valence-corrected chi connectivity index (χ1v) is 9.98. The highest BCUT2D eigenvalue weighted by Crippen LogP contribution is 2.39. The summed E-state index contributed by atoms with van der Waals surface area (Å²) in [5.41, 5.74) is 5.25. The van der Waals surface area contributed by atoms with Crippen molar-refractivity contribution < 1.29 is 27.1 Å². The Balaban J connectivity index is 1.86. The molecule has 1 aromatic heterocycles. The Morgan fingerprint density at radius 3 is 2.52 bits per heavy atom. The highest BCUT2D eigenvalue weighted by atomic mass is 19.4. The number of aromatic nitrogens is 2. The lowest BCUT2D eigenvalue weighted by Crippen LogP contribution is -2.35. The van der Waals surface area contributed by atoms with Gasteiger partial charge >= 0.3 is 6.18 Å². The van der Waals surface area contributed by atoms with Gasteiger partial charge in [0.05, 0.1) is 11.6 Å². The number of nitrogens with two attached hydrogens (primary N) is 1. The highest BCUT2D eigenvalue weighted by Gasteiger charge is 2.33. The molecule has 1 aromatic carbocycles. The fourth-order valence-corrected chi connectivity index (χ4v) is 3.67. The zero-order valence-corrected chi connectivity index (χ0v) is 17.2. The smallest absolute Gasteiger partial charge is 0.416 e. The molecule has 2 N–H and O–H groups in total. The van der Waals surface area contributed by atoms with Crippen molar-refractivity contribution in [1.82, 2.24) is 9.97 Å². The van der Waals surface area contributed by atoms with Gasteiger partial charge in [-0.25, -0.2) is 4.98 Å². The predicted molar refractivity (Wildman–Crippen MR) is 106 cm³/mol. The molecule has 168 valence electrons. The summed E-state index contributed by atoms with van der Waals surface area (Å²) in [6, 6.07) is 4.48. The van der Waals surface area contributed by atoms with Gasteiger partial charge in [-0.05, 0) is 42.9 Å². The minimum atomic E-state index is -4.42. The number of alkyl halides is 3. The molecule has 0 saturated carbocycles. The number of ether oxygens (including phenoxy) is 1. The zero-order chi connectivity index (χ0) is 22.8. The van der Waals surface area contributed by atoms with Crippen LogP contribution in [-0.4, -0.2) is 28.5 Å². The summed E-state index contributed by atoms with van der Waals surface area (Å²) >= 11 is 0. The van der Waals surface area contributed by atoms with Crippen molar-refractivity contribution in [2.45, 2.75) is 51.4 Å². The molecule has 2 aromatic rings. The molecule has 1 amide bonds. The summed E-state index contributed by atoms with van der Waals surface area (Å²) < 4.78 is 59.2. The molecule has 0 aliphatic carbocycles. The Morgan fingerprint density at radius 1 is 1.26 bits per heavy atom. The first kappa shape index (κ1) is 22.8. The maximum Gasteiger partial charge on any atom is 0.416 e. The third-order valence-corrected chi connectivity index (χ3v) is 5.14. The molecular formula is C21H24F4N4O2. The van der Waals surface area contributed by atoms with Crippen LogP contribution in [0.1, 0.15) is 50.3 Å². The Morgan fingerprint density at radius 2 is 1.94 bits per heavy atom. The summed E-state index contributed by atoms with van der Waals surface area (Å²) in [4.78, 5) is 21.2. The van der Waals surface area contributed by atoms with Gasteiger partial charge in [0.25, 0.3) is 11.8 Å². The Kier molecular flexibility index (Phi) is 6.66. The van der Waals surface area contributed by atoms with Gasteiger partial charge in [-0.1, -0.05) is 26.0 Å². The number of benzene rings is 1. The van der Waals surface area contributed by atoms with Crippen LogP contribution in [0.3, 0.4) is 0 Å². The molecule has 10 heteroatoms. The van der Waals surface area contributed by atoms with E-state index in [-0.39, 0.29) is 23.7 Å². The Hall–Kier alpha value is -2.91. The van der Waals surface area contributed by atoms with Crippen molar-refractivity contribution in [3.8, 4) is 5.88 Å². The third-order valence-electron chi connectivity index (χ3n) is 5.14. The van der Waals surface area contributed by atoms with Crippen LogP contribution in [0.5, 0.6) is 5.88 Å². The number of hydrogen-bond donors (Lipinski definition) is 1. The minimum absolute atomic E-state index is 0.0276. The normalized spacial score (nSPS) is 17.8. The summed E-state index contributed by atoms with van der Waals surface area (Å²) in [5.74, 6) is -1.88. The van der Waals surface area contributed by atoms with E-state index < -0.39 is 29.6 Å². The van der Waals surface area contributed by atoms with Gasteiger partial charge in [0.1, 0.15) is 6.33 Å². The second-order valence-corrected chi connectivity index (χ2v) is 7.93. The van der Waals surface area contributed by atoms with Gasteiger partial charge in [-0.15, -0.1) is 0 Å². The lowest BCUT2D eigenvalue weighted by molar-refractivity contribution is -0.137. The average Bonchev–Trinajstić information content (AvgIpc) is 3.17. The number of hydrogen-bond acceptors (Lipinski definition) is 5. The van der Waals surface area contributed by atoms with Crippen molar-refractivity contribution in [3.63, 3.8) is 0 Å².